The first-order chi connectivity index (χ1) is 18.5. The fourth-order valence-electron chi connectivity index (χ4n) is 4.23. The minimum atomic E-state index is -0.0355. The number of benzene rings is 2. The molecule has 0 saturated carbocycles. The van der Waals surface area contributed by atoms with Crippen molar-refractivity contribution in [2.45, 2.75) is 58.8 Å². The maximum atomic E-state index is 13.3. The molecule has 1 fully saturated rings. The van der Waals surface area contributed by atoms with Gasteiger partial charge in [0.25, 0.3) is 5.91 Å². The van der Waals surface area contributed by atoms with E-state index in [1.54, 1.807) is 4.90 Å². The van der Waals surface area contributed by atoms with Crippen LogP contribution in [0.5, 0.6) is 5.75 Å². The van der Waals surface area contributed by atoms with Gasteiger partial charge in [0.1, 0.15) is 15.8 Å². The highest BCUT2D eigenvalue weighted by Gasteiger charge is 2.32. The number of aromatic nitrogens is 2. The van der Waals surface area contributed by atoms with Crippen molar-refractivity contribution in [2.24, 2.45) is 0 Å². The van der Waals surface area contributed by atoms with Gasteiger partial charge in [-0.1, -0.05) is 99.7 Å². The highest BCUT2D eigenvalue weighted by Crippen LogP contribution is 2.36. The van der Waals surface area contributed by atoms with Gasteiger partial charge in [0.15, 0.2) is 0 Å². The minimum absolute atomic E-state index is 0.0355. The Labute approximate surface area is 240 Å². The van der Waals surface area contributed by atoms with E-state index >= 15 is 0 Å². The average Bonchev–Trinajstić information content (AvgIpc) is 3.46. The molecule has 3 aromatic rings. The van der Waals surface area contributed by atoms with E-state index in [1.807, 2.05) is 65.5 Å². The van der Waals surface area contributed by atoms with E-state index in [0.717, 1.165) is 48.2 Å². The van der Waals surface area contributed by atoms with Crippen LogP contribution in [0.15, 0.2) is 59.6 Å². The van der Waals surface area contributed by atoms with Gasteiger partial charge in [-0.3, -0.25) is 9.69 Å². The zero-order chi connectivity index (χ0) is 26.9. The number of carbonyl (C=O) groups is 1. The fraction of sp³-hybridized carbons (Fsp3) is 0.367. The highest BCUT2D eigenvalue weighted by atomic mass is 35.5. The normalized spacial score (nSPS) is 14.6. The van der Waals surface area contributed by atoms with Crippen molar-refractivity contribution in [3.63, 3.8) is 0 Å². The highest BCUT2D eigenvalue weighted by molar-refractivity contribution is 8.26. The first-order valence-corrected chi connectivity index (χ1v) is 14.9. The van der Waals surface area contributed by atoms with Crippen molar-refractivity contribution < 1.29 is 9.53 Å². The number of thioether (sulfide) groups is 1. The lowest BCUT2D eigenvalue weighted by molar-refractivity contribution is -0.122. The molecule has 1 aliphatic rings. The Morgan fingerprint density at radius 2 is 1.79 bits per heavy atom. The molecule has 2 aromatic carbocycles. The number of unbranched alkanes of at least 4 members (excludes halogenated alkanes) is 5. The lowest BCUT2D eigenvalue weighted by atomic mass is 10.1. The summed E-state index contributed by atoms with van der Waals surface area (Å²) in [7, 11) is 0. The molecule has 0 spiro atoms. The molecule has 0 bridgehead atoms. The van der Waals surface area contributed by atoms with E-state index in [0.29, 0.717) is 33.1 Å². The molecule has 0 unspecified atom stereocenters. The van der Waals surface area contributed by atoms with E-state index in [2.05, 4.69) is 13.8 Å². The van der Waals surface area contributed by atoms with Crippen LogP contribution in [0.4, 0.5) is 0 Å². The van der Waals surface area contributed by atoms with E-state index < -0.39 is 0 Å². The summed E-state index contributed by atoms with van der Waals surface area (Å²) >= 11 is 13.5. The third-order valence-corrected chi connectivity index (χ3v) is 8.04. The number of hydrogen-bond acceptors (Lipinski definition) is 5. The molecule has 38 heavy (non-hydrogen) atoms. The van der Waals surface area contributed by atoms with Crippen LogP contribution in [-0.4, -0.2) is 38.1 Å². The molecule has 2 heterocycles. The molecule has 5 nitrogen and oxygen atoms in total. The average molecular weight is 568 g/mol. The van der Waals surface area contributed by atoms with Gasteiger partial charge in [0, 0.05) is 23.9 Å². The second kappa shape index (κ2) is 14.0. The monoisotopic (exact) mass is 567 g/mol. The maximum Gasteiger partial charge on any atom is 0.266 e. The molecule has 200 valence electrons. The molecule has 4 rings (SSSR count). The molecular weight excluding hydrogens is 534 g/mol. The molecular formula is C30H34ClN3O2S2. The van der Waals surface area contributed by atoms with Crippen LogP contribution in [0.2, 0.25) is 5.02 Å². The van der Waals surface area contributed by atoms with E-state index in [-0.39, 0.29) is 5.91 Å². The van der Waals surface area contributed by atoms with Crippen LogP contribution in [0.25, 0.3) is 23.0 Å². The molecule has 1 aliphatic heterocycles. The van der Waals surface area contributed by atoms with Crippen LogP contribution in [0.3, 0.4) is 0 Å². The summed E-state index contributed by atoms with van der Waals surface area (Å²) in [5.41, 5.74) is 3.34. The van der Waals surface area contributed by atoms with Gasteiger partial charge in [-0.2, -0.15) is 5.10 Å². The van der Waals surface area contributed by atoms with Crippen LogP contribution < -0.4 is 4.74 Å². The summed E-state index contributed by atoms with van der Waals surface area (Å²) in [6.07, 6.45) is 11.6. The zero-order valence-electron chi connectivity index (χ0n) is 22.0. The number of rotatable bonds is 13. The molecule has 0 atom stereocenters. The lowest BCUT2D eigenvalue weighted by Gasteiger charge is -2.13. The summed E-state index contributed by atoms with van der Waals surface area (Å²) in [4.78, 5) is 15.6. The van der Waals surface area contributed by atoms with Crippen molar-refractivity contribution >= 4 is 51.9 Å². The predicted octanol–water partition coefficient (Wildman–Crippen LogP) is 8.54. The predicted molar refractivity (Wildman–Crippen MR) is 163 cm³/mol. The van der Waals surface area contributed by atoms with Crippen molar-refractivity contribution in [1.29, 1.82) is 0 Å². The lowest BCUT2D eigenvalue weighted by Crippen LogP contribution is -2.29. The Bertz CT molecular complexity index is 1290. The number of amides is 1. The third-order valence-electron chi connectivity index (χ3n) is 6.37. The fourth-order valence-corrected chi connectivity index (χ4v) is 5.76. The second-order valence-electron chi connectivity index (χ2n) is 9.31. The standard InChI is InChI=1S/C30H34ClN3O2S2/c1-3-5-7-8-12-17-33-29(35)27(38-30(33)37)20-23-21-34(24-13-10-9-11-14-24)32-28(23)22-15-16-26(25(31)19-22)36-18-6-4-2/h9-11,13-16,19-21H,3-8,12,17-18H2,1-2H3. The molecule has 0 radical (unpaired) electrons. The van der Waals surface area contributed by atoms with Crippen molar-refractivity contribution in [2.75, 3.05) is 13.2 Å². The van der Waals surface area contributed by atoms with Crippen LogP contribution in [-0.2, 0) is 4.79 Å². The van der Waals surface area contributed by atoms with Crippen molar-refractivity contribution in [3.8, 4) is 22.7 Å². The summed E-state index contributed by atoms with van der Waals surface area (Å²) in [6, 6.07) is 15.6. The molecule has 0 aliphatic carbocycles. The van der Waals surface area contributed by atoms with Gasteiger partial charge in [0.2, 0.25) is 0 Å². The molecule has 0 N–H and O–H groups in total. The largest absolute Gasteiger partial charge is 0.492 e. The molecule has 1 saturated heterocycles. The molecule has 1 amide bonds. The molecule has 8 heteroatoms. The Morgan fingerprint density at radius 3 is 2.53 bits per heavy atom. The quantitative estimate of drug-likeness (QED) is 0.118. The Kier molecular flexibility index (Phi) is 10.4. The Morgan fingerprint density at radius 1 is 1.03 bits per heavy atom. The SMILES string of the molecule is CCCCCCCN1C(=O)C(=Cc2cn(-c3ccccc3)nc2-c2ccc(OCCCC)c(Cl)c2)SC1=S. The zero-order valence-corrected chi connectivity index (χ0v) is 24.4. The van der Waals surface area contributed by atoms with E-state index in [1.165, 1.54) is 31.0 Å². The van der Waals surface area contributed by atoms with Crippen molar-refractivity contribution in [1.82, 2.24) is 14.7 Å². The first-order valence-electron chi connectivity index (χ1n) is 13.3. The summed E-state index contributed by atoms with van der Waals surface area (Å²) in [5, 5.41) is 5.42. The molecule has 1 aromatic heterocycles. The van der Waals surface area contributed by atoms with Crippen molar-refractivity contribution in [3.05, 3.63) is 70.2 Å². The van der Waals surface area contributed by atoms with Crippen LogP contribution in [0.1, 0.15) is 64.4 Å². The third kappa shape index (κ3) is 7.07. The minimum Gasteiger partial charge on any atom is -0.492 e. The maximum absolute atomic E-state index is 13.3. The number of para-hydroxylation sites is 1. The van der Waals surface area contributed by atoms with Crippen LogP contribution >= 0.6 is 35.6 Å². The topological polar surface area (TPSA) is 47.4 Å². The second-order valence-corrected chi connectivity index (χ2v) is 11.4. The number of halogens is 1. The number of ether oxygens (including phenoxy) is 1. The van der Waals surface area contributed by atoms with E-state index in [9.17, 15) is 4.79 Å². The summed E-state index contributed by atoms with van der Waals surface area (Å²) in [5.74, 6) is 0.624. The van der Waals surface area contributed by atoms with Gasteiger partial charge in [0.05, 0.1) is 22.2 Å². The van der Waals surface area contributed by atoms with Gasteiger partial charge in [-0.05, 0) is 49.2 Å². The van der Waals surface area contributed by atoms with Gasteiger partial charge < -0.3 is 4.74 Å². The first kappa shape index (κ1) is 28.4. The Balaban J connectivity index is 1.62. The number of nitrogens with zero attached hydrogens (tertiary/aromatic N) is 3. The number of carbonyl (C=O) groups excluding carboxylic acids is 1. The number of hydrogen-bond donors (Lipinski definition) is 0. The van der Waals surface area contributed by atoms with E-state index in [4.69, 9.17) is 33.7 Å². The Hall–Kier alpha value is -2.61. The summed E-state index contributed by atoms with van der Waals surface area (Å²) < 4.78 is 8.28. The van der Waals surface area contributed by atoms with Gasteiger partial charge in [-0.15, -0.1) is 0 Å². The van der Waals surface area contributed by atoms with Gasteiger partial charge >= 0.3 is 0 Å². The van der Waals surface area contributed by atoms with Crippen LogP contribution in [0, 0.1) is 0 Å². The van der Waals surface area contributed by atoms with Gasteiger partial charge in [-0.25, -0.2) is 4.68 Å². The smallest absolute Gasteiger partial charge is 0.266 e. The summed E-state index contributed by atoms with van der Waals surface area (Å²) in [6.45, 7) is 5.62. The number of thiocarbonyl (C=S) groups is 1.